The SMILES string of the molecule is COCCn1c(=O)c2c(nc3n2C[C@@H](C)CN3c2ccc(C)cc2)n(C)c1=O. The molecule has 1 atom stereocenters. The van der Waals surface area contributed by atoms with Gasteiger partial charge in [-0.2, -0.15) is 4.98 Å². The summed E-state index contributed by atoms with van der Waals surface area (Å²) >= 11 is 0. The number of methoxy groups -OCH3 is 1. The number of imidazole rings is 1. The fourth-order valence-electron chi connectivity index (χ4n) is 3.83. The van der Waals surface area contributed by atoms with Crippen LogP contribution in [-0.2, 0) is 24.9 Å². The lowest BCUT2D eigenvalue weighted by Crippen LogP contribution is -2.41. The second-order valence-corrected chi connectivity index (χ2v) is 7.54. The predicted octanol–water partition coefficient (Wildman–Crippen LogP) is 1.64. The van der Waals surface area contributed by atoms with Gasteiger partial charge in [-0.15, -0.1) is 0 Å². The molecule has 4 rings (SSSR count). The molecule has 0 saturated heterocycles. The molecule has 0 saturated carbocycles. The van der Waals surface area contributed by atoms with Gasteiger partial charge in [0.25, 0.3) is 5.56 Å². The molecule has 0 radical (unpaired) electrons. The first-order chi connectivity index (χ1) is 13.4. The van der Waals surface area contributed by atoms with Crippen molar-refractivity contribution in [2.75, 3.05) is 25.2 Å². The highest BCUT2D eigenvalue weighted by Crippen LogP contribution is 2.32. The number of fused-ring (bicyclic) bond motifs is 3. The van der Waals surface area contributed by atoms with E-state index in [1.54, 1.807) is 14.2 Å². The van der Waals surface area contributed by atoms with Crippen LogP contribution in [0.25, 0.3) is 11.2 Å². The maximum absolute atomic E-state index is 13.1. The molecule has 3 aromatic rings. The summed E-state index contributed by atoms with van der Waals surface area (Å²) in [5.41, 5.74) is 2.41. The van der Waals surface area contributed by atoms with Gasteiger partial charge >= 0.3 is 5.69 Å². The highest BCUT2D eigenvalue weighted by Gasteiger charge is 2.29. The topological polar surface area (TPSA) is 74.3 Å². The first-order valence-electron chi connectivity index (χ1n) is 9.45. The maximum atomic E-state index is 13.1. The predicted molar refractivity (Wildman–Crippen MR) is 108 cm³/mol. The second-order valence-electron chi connectivity index (χ2n) is 7.54. The van der Waals surface area contributed by atoms with Crippen LogP contribution in [0.15, 0.2) is 33.9 Å². The van der Waals surface area contributed by atoms with Gasteiger partial charge in [0.05, 0.1) is 13.2 Å². The summed E-state index contributed by atoms with van der Waals surface area (Å²) in [5, 5.41) is 0. The Morgan fingerprint density at radius 1 is 1.18 bits per heavy atom. The summed E-state index contributed by atoms with van der Waals surface area (Å²) in [6.07, 6.45) is 0. The van der Waals surface area contributed by atoms with Gasteiger partial charge in [0, 0.05) is 32.9 Å². The van der Waals surface area contributed by atoms with Crippen molar-refractivity contribution in [2.45, 2.75) is 26.9 Å². The Morgan fingerprint density at radius 2 is 1.89 bits per heavy atom. The molecular weight excluding hydrogens is 358 g/mol. The number of benzene rings is 1. The maximum Gasteiger partial charge on any atom is 0.332 e. The Bertz CT molecular complexity index is 1140. The minimum Gasteiger partial charge on any atom is -0.383 e. The fraction of sp³-hybridized carbons (Fsp3) is 0.450. The molecular formula is C20H25N5O3. The number of aromatic nitrogens is 4. The van der Waals surface area contributed by atoms with Gasteiger partial charge in [-0.05, 0) is 25.0 Å². The average Bonchev–Trinajstić information content (AvgIpc) is 3.06. The zero-order valence-corrected chi connectivity index (χ0v) is 16.7. The molecule has 0 unspecified atom stereocenters. The van der Waals surface area contributed by atoms with Crippen LogP contribution in [0.1, 0.15) is 12.5 Å². The first-order valence-corrected chi connectivity index (χ1v) is 9.45. The third kappa shape index (κ3) is 2.84. The summed E-state index contributed by atoms with van der Waals surface area (Å²) < 4.78 is 9.70. The summed E-state index contributed by atoms with van der Waals surface area (Å²) in [5.74, 6) is 1.03. The van der Waals surface area contributed by atoms with E-state index in [-0.39, 0.29) is 17.8 Å². The van der Waals surface area contributed by atoms with E-state index < -0.39 is 0 Å². The fourth-order valence-corrected chi connectivity index (χ4v) is 3.83. The monoisotopic (exact) mass is 383 g/mol. The van der Waals surface area contributed by atoms with Gasteiger partial charge in [0.1, 0.15) is 0 Å². The van der Waals surface area contributed by atoms with E-state index in [1.807, 2.05) is 4.57 Å². The van der Waals surface area contributed by atoms with Crippen molar-refractivity contribution in [2.24, 2.45) is 13.0 Å². The lowest BCUT2D eigenvalue weighted by molar-refractivity contribution is 0.184. The Balaban J connectivity index is 1.96. The van der Waals surface area contributed by atoms with Crippen molar-refractivity contribution in [1.29, 1.82) is 0 Å². The van der Waals surface area contributed by atoms with E-state index >= 15 is 0 Å². The number of hydrogen-bond acceptors (Lipinski definition) is 5. The summed E-state index contributed by atoms with van der Waals surface area (Å²) in [7, 11) is 3.21. The van der Waals surface area contributed by atoms with Gasteiger partial charge in [-0.1, -0.05) is 24.6 Å². The molecule has 2 aromatic heterocycles. The van der Waals surface area contributed by atoms with E-state index in [0.717, 1.165) is 12.2 Å². The number of hydrogen-bond donors (Lipinski definition) is 0. The normalized spacial score (nSPS) is 16.6. The van der Waals surface area contributed by atoms with Gasteiger partial charge in [-0.25, -0.2) is 4.79 Å². The zero-order valence-electron chi connectivity index (χ0n) is 16.7. The molecule has 0 amide bonds. The highest BCUT2D eigenvalue weighted by molar-refractivity contribution is 5.77. The van der Waals surface area contributed by atoms with Crippen molar-refractivity contribution in [3.63, 3.8) is 0 Å². The summed E-state index contributed by atoms with van der Waals surface area (Å²) in [6.45, 7) is 6.21. The average molecular weight is 383 g/mol. The molecule has 0 aliphatic carbocycles. The largest absolute Gasteiger partial charge is 0.383 e. The van der Waals surface area contributed by atoms with Crippen LogP contribution in [-0.4, -0.2) is 38.9 Å². The van der Waals surface area contributed by atoms with Gasteiger partial charge < -0.3 is 14.2 Å². The highest BCUT2D eigenvalue weighted by atomic mass is 16.5. The van der Waals surface area contributed by atoms with Crippen molar-refractivity contribution in [3.8, 4) is 0 Å². The Labute approximate surface area is 162 Å². The van der Waals surface area contributed by atoms with Crippen LogP contribution in [0.3, 0.4) is 0 Å². The lowest BCUT2D eigenvalue weighted by atomic mass is 10.1. The number of ether oxygens (including phenoxy) is 1. The summed E-state index contributed by atoms with van der Waals surface area (Å²) in [4.78, 5) is 32.7. The molecule has 28 heavy (non-hydrogen) atoms. The molecule has 8 nitrogen and oxygen atoms in total. The molecule has 0 bridgehead atoms. The standard InChI is InChI=1S/C20H25N5O3/c1-13-5-7-15(8-6-13)24-11-14(2)12-25-16-17(21-19(24)25)22(3)20(27)23(18(16)26)9-10-28-4/h5-8,14H,9-12H2,1-4H3/t14-/m0/s1. The van der Waals surface area contributed by atoms with E-state index in [4.69, 9.17) is 9.72 Å². The number of nitrogens with zero attached hydrogens (tertiary/aromatic N) is 5. The van der Waals surface area contributed by atoms with E-state index in [0.29, 0.717) is 36.2 Å². The summed E-state index contributed by atoms with van der Waals surface area (Å²) in [6, 6.07) is 8.25. The van der Waals surface area contributed by atoms with E-state index in [2.05, 4.69) is 43.0 Å². The van der Waals surface area contributed by atoms with Crippen LogP contribution >= 0.6 is 0 Å². The van der Waals surface area contributed by atoms with Crippen LogP contribution < -0.4 is 16.1 Å². The lowest BCUT2D eigenvalue weighted by Gasteiger charge is -2.33. The minimum absolute atomic E-state index is 0.218. The Morgan fingerprint density at radius 3 is 2.57 bits per heavy atom. The van der Waals surface area contributed by atoms with Crippen LogP contribution in [0, 0.1) is 12.8 Å². The molecule has 0 fully saturated rings. The third-order valence-electron chi connectivity index (χ3n) is 5.31. The zero-order chi connectivity index (χ0) is 20.0. The molecule has 8 heteroatoms. The van der Waals surface area contributed by atoms with Crippen molar-refractivity contribution in [3.05, 3.63) is 50.7 Å². The molecule has 3 heterocycles. The first kappa shape index (κ1) is 18.5. The quantitative estimate of drug-likeness (QED) is 0.685. The molecule has 0 N–H and O–H groups in total. The second kappa shape index (κ2) is 6.94. The molecule has 0 spiro atoms. The van der Waals surface area contributed by atoms with Gasteiger partial charge in [0.2, 0.25) is 5.95 Å². The number of aryl methyl sites for hydroxylation is 2. The smallest absolute Gasteiger partial charge is 0.332 e. The van der Waals surface area contributed by atoms with Crippen molar-refractivity contribution >= 4 is 22.8 Å². The Hall–Kier alpha value is -2.87. The van der Waals surface area contributed by atoms with E-state index in [9.17, 15) is 9.59 Å². The van der Waals surface area contributed by atoms with Gasteiger partial charge in [-0.3, -0.25) is 13.9 Å². The van der Waals surface area contributed by atoms with Crippen LogP contribution in [0.4, 0.5) is 11.6 Å². The molecule has 148 valence electrons. The number of rotatable bonds is 4. The van der Waals surface area contributed by atoms with Crippen molar-refractivity contribution < 1.29 is 4.74 Å². The third-order valence-corrected chi connectivity index (χ3v) is 5.31. The molecule has 1 aliphatic rings. The van der Waals surface area contributed by atoms with E-state index in [1.165, 1.54) is 14.7 Å². The van der Waals surface area contributed by atoms with Crippen molar-refractivity contribution in [1.82, 2.24) is 18.7 Å². The molecule has 1 aromatic carbocycles. The number of anilines is 2. The minimum atomic E-state index is -0.375. The van der Waals surface area contributed by atoms with Crippen LogP contribution in [0.2, 0.25) is 0 Å². The van der Waals surface area contributed by atoms with Crippen LogP contribution in [0.5, 0.6) is 0 Å². The Kier molecular flexibility index (Phi) is 4.58. The van der Waals surface area contributed by atoms with Gasteiger partial charge in [0.15, 0.2) is 11.2 Å². The molecule has 1 aliphatic heterocycles.